The SMILES string of the molecule is CNC(=O)[C@@H]1C[C@@H](O)C[N+]1(C)C1(c2cc(CN(C)C3CC3)ccc2OC)C(=O)N(S(=O)(=O)c2ccc(OC)cc2OC(F)(F)F)c2ccc(Cl)cc21. The van der Waals surface area contributed by atoms with Gasteiger partial charge in [-0.3, -0.25) is 19.0 Å². The Morgan fingerprint density at radius 1 is 1.08 bits per heavy atom. The molecule has 52 heavy (non-hydrogen) atoms. The minimum Gasteiger partial charge on any atom is -0.497 e. The lowest BCUT2D eigenvalue weighted by atomic mass is 9.78. The first-order chi connectivity index (χ1) is 24.4. The van der Waals surface area contributed by atoms with Gasteiger partial charge in [-0.05, 0) is 67.9 Å². The van der Waals surface area contributed by atoms with Crippen molar-refractivity contribution in [1.29, 1.82) is 0 Å². The summed E-state index contributed by atoms with van der Waals surface area (Å²) in [6.07, 6.45) is -4.48. The summed E-state index contributed by atoms with van der Waals surface area (Å²) in [6, 6.07) is 11.2. The molecule has 2 fully saturated rings. The fraction of sp³-hybridized carbons (Fsp3) is 0.429. The van der Waals surface area contributed by atoms with Crippen LogP contribution in [-0.4, -0.2) is 101 Å². The van der Waals surface area contributed by atoms with E-state index in [1.165, 1.54) is 39.5 Å². The van der Waals surface area contributed by atoms with Crippen LogP contribution in [-0.2, 0) is 31.7 Å². The topological polar surface area (TPSA) is 135 Å². The van der Waals surface area contributed by atoms with Gasteiger partial charge in [0.15, 0.2) is 11.8 Å². The van der Waals surface area contributed by atoms with Gasteiger partial charge in [0.1, 0.15) is 29.0 Å². The summed E-state index contributed by atoms with van der Waals surface area (Å²) in [4.78, 5) is 30.6. The van der Waals surface area contributed by atoms with E-state index < -0.39 is 61.0 Å². The predicted molar refractivity (Wildman–Crippen MR) is 184 cm³/mol. The molecule has 2 aliphatic heterocycles. The van der Waals surface area contributed by atoms with Crippen LogP contribution in [0.25, 0.3) is 0 Å². The summed E-state index contributed by atoms with van der Waals surface area (Å²) in [5, 5.41) is 13.9. The van der Waals surface area contributed by atoms with Crippen molar-refractivity contribution in [2.45, 2.75) is 60.8 Å². The number of nitrogens with one attached hydrogen (secondary N) is 1. The molecule has 1 saturated carbocycles. The zero-order valence-electron chi connectivity index (χ0n) is 29.0. The molecule has 0 radical (unpaired) electrons. The molecule has 17 heteroatoms. The summed E-state index contributed by atoms with van der Waals surface area (Å²) in [5.41, 5.74) is -1.44. The van der Waals surface area contributed by atoms with E-state index in [2.05, 4.69) is 15.0 Å². The van der Waals surface area contributed by atoms with Gasteiger partial charge >= 0.3 is 12.3 Å². The van der Waals surface area contributed by atoms with Crippen molar-refractivity contribution in [2.24, 2.45) is 0 Å². The van der Waals surface area contributed by atoms with Crippen LogP contribution in [0.1, 0.15) is 36.0 Å². The number of aliphatic hydroxyl groups excluding tert-OH is 1. The number of fused-ring (bicyclic) bond motifs is 1. The molecule has 2 unspecified atom stereocenters. The molecule has 2 N–H and O–H groups in total. The van der Waals surface area contributed by atoms with Crippen LogP contribution in [0.15, 0.2) is 59.5 Å². The van der Waals surface area contributed by atoms with Crippen molar-refractivity contribution >= 4 is 39.1 Å². The molecular weight excluding hydrogens is 729 g/mol. The maximum atomic E-state index is 15.7. The van der Waals surface area contributed by atoms with E-state index in [0.29, 0.717) is 16.9 Å². The number of hydrogen-bond acceptors (Lipinski definition) is 9. The van der Waals surface area contributed by atoms with Gasteiger partial charge in [0, 0.05) is 37.1 Å². The van der Waals surface area contributed by atoms with E-state index in [-0.39, 0.29) is 46.3 Å². The van der Waals surface area contributed by atoms with Crippen LogP contribution < -0.4 is 23.8 Å². The average molecular weight is 768 g/mol. The summed E-state index contributed by atoms with van der Waals surface area (Å²) >= 11 is 6.61. The second kappa shape index (κ2) is 13.4. The molecule has 1 saturated heterocycles. The fourth-order valence-corrected chi connectivity index (χ4v) is 9.58. The smallest absolute Gasteiger partial charge is 0.497 e. The highest BCUT2D eigenvalue weighted by Crippen LogP contribution is 2.58. The summed E-state index contributed by atoms with van der Waals surface area (Å²) in [6.45, 7) is 0.246. The van der Waals surface area contributed by atoms with E-state index in [9.17, 15) is 31.5 Å². The monoisotopic (exact) mass is 767 g/mol. The van der Waals surface area contributed by atoms with Gasteiger partial charge < -0.3 is 24.6 Å². The van der Waals surface area contributed by atoms with Crippen molar-refractivity contribution in [1.82, 2.24) is 10.2 Å². The molecule has 6 rings (SSSR count). The highest BCUT2D eigenvalue weighted by Gasteiger charge is 2.72. The first-order valence-corrected chi connectivity index (χ1v) is 18.2. The number of rotatable bonds is 11. The molecule has 3 aromatic carbocycles. The number of alkyl halides is 3. The van der Waals surface area contributed by atoms with Crippen molar-refractivity contribution in [3.05, 3.63) is 76.3 Å². The molecule has 2 amide bonds. The molecule has 1 aliphatic carbocycles. The highest BCUT2D eigenvalue weighted by atomic mass is 35.5. The number of likely N-dealkylation sites (tertiary alicyclic amines) is 1. The molecule has 0 aromatic heterocycles. The van der Waals surface area contributed by atoms with Crippen LogP contribution in [0.4, 0.5) is 18.9 Å². The normalized spacial score (nSPS) is 24.6. The molecule has 3 aliphatic rings. The Labute approximate surface area is 304 Å². The third kappa shape index (κ3) is 6.13. The van der Waals surface area contributed by atoms with Crippen LogP contribution >= 0.6 is 11.6 Å². The third-order valence-electron chi connectivity index (χ3n) is 10.3. The van der Waals surface area contributed by atoms with Crippen LogP contribution in [0.3, 0.4) is 0 Å². The third-order valence-corrected chi connectivity index (χ3v) is 12.3. The van der Waals surface area contributed by atoms with Crippen molar-refractivity contribution in [3.63, 3.8) is 0 Å². The van der Waals surface area contributed by atoms with E-state index in [1.54, 1.807) is 19.2 Å². The minimum atomic E-state index is -5.31. The number of sulfonamides is 1. The first kappa shape index (κ1) is 37.7. The zero-order valence-corrected chi connectivity index (χ0v) is 30.6. The van der Waals surface area contributed by atoms with E-state index >= 15 is 4.79 Å². The predicted octanol–water partition coefficient (Wildman–Crippen LogP) is 4.15. The van der Waals surface area contributed by atoms with Gasteiger partial charge in [-0.2, -0.15) is 4.31 Å². The minimum absolute atomic E-state index is 0.0388. The van der Waals surface area contributed by atoms with Gasteiger partial charge in [0.05, 0.1) is 38.1 Å². The fourth-order valence-electron chi connectivity index (χ4n) is 7.85. The van der Waals surface area contributed by atoms with Crippen LogP contribution in [0.2, 0.25) is 5.02 Å². The molecule has 280 valence electrons. The number of quaternary nitrogens is 1. The lowest BCUT2D eigenvalue weighted by Crippen LogP contribution is -2.69. The second-order valence-corrected chi connectivity index (χ2v) is 15.6. The number of ether oxygens (including phenoxy) is 3. The number of aliphatic hydroxyl groups is 1. The second-order valence-electron chi connectivity index (χ2n) is 13.5. The van der Waals surface area contributed by atoms with Gasteiger partial charge in [-0.15, -0.1) is 13.2 Å². The van der Waals surface area contributed by atoms with Crippen molar-refractivity contribution in [3.8, 4) is 17.2 Å². The number of methoxy groups -OCH3 is 2. The van der Waals surface area contributed by atoms with Gasteiger partial charge in [-0.25, -0.2) is 8.42 Å². The maximum Gasteiger partial charge on any atom is 0.573 e. The Morgan fingerprint density at radius 2 is 1.79 bits per heavy atom. The number of hydrogen-bond donors (Lipinski definition) is 2. The maximum absolute atomic E-state index is 15.7. The van der Waals surface area contributed by atoms with E-state index in [4.69, 9.17) is 21.1 Å². The number of anilines is 1. The number of carbonyl (C=O) groups is 2. The van der Waals surface area contributed by atoms with Gasteiger partial charge in [0.2, 0.25) is 5.54 Å². The highest BCUT2D eigenvalue weighted by molar-refractivity contribution is 7.93. The number of likely N-dealkylation sites (N-methyl/N-ethyl adjacent to an activating group) is 2. The quantitative estimate of drug-likeness (QED) is 0.276. The summed E-state index contributed by atoms with van der Waals surface area (Å²) < 4.78 is 85.7. The van der Waals surface area contributed by atoms with E-state index in [1.807, 2.05) is 13.1 Å². The summed E-state index contributed by atoms with van der Waals surface area (Å²) in [5.74, 6) is -2.76. The Balaban J connectivity index is 1.69. The Bertz CT molecular complexity index is 2030. The first-order valence-electron chi connectivity index (χ1n) is 16.4. The van der Waals surface area contributed by atoms with Gasteiger partial charge in [0.25, 0.3) is 15.9 Å². The number of benzene rings is 3. The molecule has 0 spiro atoms. The molecule has 4 atom stereocenters. The molecule has 12 nitrogen and oxygen atoms in total. The lowest BCUT2D eigenvalue weighted by molar-refractivity contribution is -0.953. The molecule has 0 bridgehead atoms. The molecule has 2 heterocycles. The summed E-state index contributed by atoms with van der Waals surface area (Å²) in [7, 11) is 2.25. The standard InChI is InChI=1S/C35H38ClF3N4O8S/c1-40-32(45)28-16-23(44)19-43(28,3)34(26-14-20(6-12-29(26)50-5)18-41(2)22-8-9-22)25-15-21(36)7-11-27(25)42(33(34)46)52(47,48)31-13-10-24(49-4)17-30(31)51-35(37,38)39/h6-7,10-15,17,22-23,28,44H,8-9,16,18-19H2,1-5H3/p+1/t23-,28+,34?,43?/m1/s1. The van der Waals surface area contributed by atoms with Gasteiger partial charge in [-0.1, -0.05) is 17.7 Å². The van der Waals surface area contributed by atoms with Crippen LogP contribution in [0.5, 0.6) is 17.2 Å². The number of amides is 2. The Kier molecular flexibility index (Phi) is 9.70. The zero-order chi connectivity index (χ0) is 38.0. The largest absolute Gasteiger partial charge is 0.573 e. The molecular formula is C35H39ClF3N4O8S+. The average Bonchev–Trinajstić information content (AvgIpc) is 3.83. The van der Waals surface area contributed by atoms with E-state index in [0.717, 1.165) is 36.6 Å². The van der Waals surface area contributed by atoms with Crippen molar-refractivity contribution in [2.75, 3.05) is 46.2 Å². The number of nitrogens with zero attached hydrogens (tertiary/aromatic N) is 3. The lowest BCUT2D eigenvalue weighted by Gasteiger charge is -2.48. The molecule has 3 aromatic rings. The Morgan fingerprint density at radius 3 is 2.40 bits per heavy atom. The van der Waals surface area contributed by atoms with Crippen molar-refractivity contribution < 1.29 is 55.0 Å². The van der Waals surface area contributed by atoms with Crippen LogP contribution in [0, 0.1) is 0 Å². The number of halogens is 4. The Hall–Kier alpha value is -4.09. The number of carbonyl (C=O) groups excluding carboxylic acids is 2.